The Labute approximate surface area is 134 Å². The second-order valence-electron chi connectivity index (χ2n) is 7.04. The van der Waals surface area contributed by atoms with E-state index in [-0.39, 0.29) is 17.8 Å². The Morgan fingerprint density at radius 3 is 2.70 bits per heavy atom. The van der Waals surface area contributed by atoms with Crippen LogP contribution in [0.3, 0.4) is 0 Å². The average Bonchev–Trinajstić information content (AvgIpc) is 2.95. The summed E-state index contributed by atoms with van der Waals surface area (Å²) < 4.78 is 20.0. The van der Waals surface area contributed by atoms with Gasteiger partial charge in [0.25, 0.3) is 0 Å². The zero-order chi connectivity index (χ0) is 16.6. The highest BCUT2D eigenvalue weighted by Gasteiger charge is 2.29. The van der Waals surface area contributed by atoms with Crippen LogP contribution in [-0.4, -0.2) is 39.9 Å². The monoisotopic (exact) mass is 319 g/mol. The number of benzene rings is 1. The van der Waals surface area contributed by atoms with Crippen molar-refractivity contribution in [3.63, 3.8) is 0 Å². The van der Waals surface area contributed by atoms with Crippen LogP contribution in [0.25, 0.3) is 10.9 Å². The minimum atomic E-state index is -0.494. The Balaban J connectivity index is 1.68. The molecule has 0 unspecified atom stereocenters. The highest BCUT2D eigenvalue weighted by atomic mass is 19.1. The van der Waals surface area contributed by atoms with Crippen LogP contribution in [0.1, 0.15) is 45.1 Å². The summed E-state index contributed by atoms with van der Waals surface area (Å²) in [5, 5.41) is 7.37. The first-order valence-corrected chi connectivity index (χ1v) is 7.94. The van der Waals surface area contributed by atoms with Crippen molar-refractivity contribution in [2.75, 3.05) is 13.1 Å². The highest BCUT2D eigenvalue weighted by Crippen LogP contribution is 2.32. The van der Waals surface area contributed by atoms with Gasteiger partial charge < -0.3 is 9.64 Å². The number of aromatic nitrogens is 2. The molecule has 1 amide bonds. The molecule has 0 spiro atoms. The molecule has 124 valence electrons. The Hall–Kier alpha value is -2.11. The predicted molar refractivity (Wildman–Crippen MR) is 85.8 cm³/mol. The minimum Gasteiger partial charge on any atom is -0.444 e. The Morgan fingerprint density at radius 2 is 2.04 bits per heavy atom. The van der Waals surface area contributed by atoms with E-state index in [2.05, 4.69) is 10.2 Å². The molecule has 0 bridgehead atoms. The molecule has 0 aliphatic carbocycles. The van der Waals surface area contributed by atoms with Crippen molar-refractivity contribution in [2.24, 2.45) is 0 Å². The summed E-state index contributed by atoms with van der Waals surface area (Å²) in [5.41, 5.74) is 0.661. The molecule has 1 aliphatic rings. The van der Waals surface area contributed by atoms with Crippen LogP contribution in [0.5, 0.6) is 0 Å². The number of carbonyl (C=O) groups is 1. The molecule has 1 N–H and O–H groups in total. The lowest BCUT2D eigenvalue weighted by molar-refractivity contribution is 0.0204. The maximum absolute atomic E-state index is 14.6. The largest absolute Gasteiger partial charge is 0.444 e. The van der Waals surface area contributed by atoms with E-state index in [1.54, 1.807) is 11.1 Å². The molecule has 0 radical (unpaired) electrons. The molecule has 1 aromatic carbocycles. The maximum atomic E-state index is 14.6. The van der Waals surface area contributed by atoms with Gasteiger partial charge >= 0.3 is 6.09 Å². The zero-order valence-electron chi connectivity index (χ0n) is 13.7. The first-order valence-electron chi connectivity index (χ1n) is 7.94. The van der Waals surface area contributed by atoms with E-state index >= 15 is 0 Å². The number of hydrogen-bond acceptors (Lipinski definition) is 3. The lowest BCUT2D eigenvalue weighted by Gasteiger charge is -2.33. The van der Waals surface area contributed by atoms with E-state index in [0.29, 0.717) is 24.2 Å². The quantitative estimate of drug-likeness (QED) is 0.869. The van der Waals surface area contributed by atoms with Crippen molar-refractivity contribution in [3.8, 4) is 0 Å². The van der Waals surface area contributed by atoms with E-state index in [4.69, 9.17) is 4.74 Å². The van der Waals surface area contributed by atoms with E-state index in [9.17, 15) is 9.18 Å². The van der Waals surface area contributed by atoms with Crippen LogP contribution in [-0.2, 0) is 4.74 Å². The van der Waals surface area contributed by atoms with Crippen molar-refractivity contribution in [2.45, 2.75) is 45.1 Å². The number of amides is 1. The summed E-state index contributed by atoms with van der Waals surface area (Å²) in [7, 11) is 0. The number of ether oxygens (including phenoxy) is 1. The number of likely N-dealkylation sites (tertiary alicyclic amines) is 1. The van der Waals surface area contributed by atoms with Crippen molar-refractivity contribution in [1.82, 2.24) is 15.1 Å². The summed E-state index contributed by atoms with van der Waals surface area (Å²) in [5.74, 6) is -0.114. The van der Waals surface area contributed by atoms with Gasteiger partial charge in [0.15, 0.2) is 5.82 Å². The number of piperidine rings is 1. The first-order chi connectivity index (χ1) is 10.8. The molecule has 2 aromatic rings. The minimum absolute atomic E-state index is 0.112. The molecule has 2 heterocycles. The fourth-order valence-corrected chi connectivity index (χ4v) is 3.01. The van der Waals surface area contributed by atoms with Crippen LogP contribution in [0.15, 0.2) is 18.3 Å². The smallest absolute Gasteiger partial charge is 0.410 e. The fourth-order valence-electron chi connectivity index (χ4n) is 3.01. The lowest BCUT2D eigenvalue weighted by Crippen LogP contribution is -2.41. The van der Waals surface area contributed by atoms with Gasteiger partial charge in [-0.15, -0.1) is 0 Å². The standard InChI is InChI=1S/C17H22FN3O2/c1-17(2,3)23-16(22)21-8-6-11(7-9-21)13-5-4-12-10-19-20-15(12)14(13)18/h4-5,10-11H,6-9H2,1-3H3,(H,19,20). The van der Waals surface area contributed by atoms with Gasteiger partial charge in [-0.1, -0.05) is 12.1 Å². The van der Waals surface area contributed by atoms with E-state index in [1.165, 1.54) is 0 Å². The van der Waals surface area contributed by atoms with Gasteiger partial charge in [0.2, 0.25) is 0 Å². The highest BCUT2D eigenvalue weighted by molar-refractivity contribution is 5.79. The Bertz CT molecular complexity index is 712. The predicted octanol–water partition coefficient (Wildman–Crippen LogP) is 3.82. The van der Waals surface area contributed by atoms with Gasteiger partial charge in [0.05, 0.1) is 6.20 Å². The van der Waals surface area contributed by atoms with Crippen LogP contribution in [0.4, 0.5) is 9.18 Å². The Kier molecular flexibility index (Phi) is 4.00. The Morgan fingerprint density at radius 1 is 1.35 bits per heavy atom. The topological polar surface area (TPSA) is 58.2 Å². The number of nitrogens with zero attached hydrogens (tertiary/aromatic N) is 2. The number of halogens is 1. The van der Waals surface area contributed by atoms with Crippen molar-refractivity contribution >= 4 is 17.0 Å². The normalized spacial score (nSPS) is 16.8. The van der Waals surface area contributed by atoms with Crippen molar-refractivity contribution in [1.29, 1.82) is 0 Å². The third-order valence-corrected chi connectivity index (χ3v) is 4.17. The maximum Gasteiger partial charge on any atom is 0.410 e. The molecular weight excluding hydrogens is 297 g/mol. The zero-order valence-corrected chi connectivity index (χ0v) is 13.7. The molecule has 1 aliphatic heterocycles. The molecule has 23 heavy (non-hydrogen) atoms. The first kappa shape index (κ1) is 15.8. The van der Waals surface area contributed by atoms with Crippen LogP contribution in [0.2, 0.25) is 0 Å². The van der Waals surface area contributed by atoms with Gasteiger partial charge in [-0.3, -0.25) is 5.10 Å². The third-order valence-electron chi connectivity index (χ3n) is 4.17. The van der Waals surface area contributed by atoms with Gasteiger partial charge in [0, 0.05) is 18.5 Å². The number of rotatable bonds is 1. The average molecular weight is 319 g/mol. The summed E-state index contributed by atoms with van der Waals surface area (Å²) in [4.78, 5) is 13.8. The second-order valence-corrected chi connectivity index (χ2v) is 7.04. The molecule has 0 atom stereocenters. The number of aromatic amines is 1. The molecule has 3 rings (SSSR count). The van der Waals surface area contributed by atoms with Crippen LogP contribution in [0, 0.1) is 5.82 Å². The number of H-pyrrole nitrogens is 1. The van der Waals surface area contributed by atoms with E-state index in [0.717, 1.165) is 18.2 Å². The van der Waals surface area contributed by atoms with E-state index in [1.807, 2.05) is 32.9 Å². The molecule has 1 aromatic heterocycles. The van der Waals surface area contributed by atoms with E-state index < -0.39 is 5.60 Å². The summed E-state index contributed by atoms with van der Waals surface area (Å²) >= 11 is 0. The molecule has 1 saturated heterocycles. The van der Waals surface area contributed by atoms with Gasteiger partial charge in [-0.2, -0.15) is 5.10 Å². The molecule has 0 saturated carbocycles. The van der Waals surface area contributed by atoms with Gasteiger partial charge in [0.1, 0.15) is 11.1 Å². The molecule has 6 heteroatoms. The number of nitrogens with one attached hydrogen (secondary N) is 1. The summed E-state index contributed by atoms with van der Waals surface area (Å²) in [6, 6.07) is 3.72. The molecule has 5 nitrogen and oxygen atoms in total. The van der Waals surface area contributed by atoms with Gasteiger partial charge in [-0.25, -0.2) is 9.18 Å². The SMILES string of the molecule is CC(C)(C)OC(=O)N1CCC(c2ccc3cn[nH]c3c2F)CC1. The summed E-state index contributed by atoms with van der Waals surface area (Å²) in [6.45, 7) is 6.73. The summed E-state index contributed by atoms with van der Waals surface area (Å²) in [6.07, 6.45) is 2.79. The number of carbonyl (C=O) groups excluding carboxylic acids is 1. The lowest BCUT2D eigenvalue weighted by atomic mass is 9.88. The second kappa shape index (κ2) is 5.83. The van der Waals surface area contributed by atoms with Crippen LogP contribution < -0.4 is 0 Å². The van der Waals surface area contributed by atoms with Crippen molar-refractivity contribution < 1.29 is 13.9 Å². The fraction of sp³-hybridized carbons (Fsp3) is 0.529. The number of hydrogen-bond donors (Lipinski definition) is 1. The molecule has 1 fully saturated rings. The van der Waals surface area contributed by atoms with Crippen molar-refractivity contribution in [3.05, 3.63) is 29.7 Å². The van der Waals surface area contributed by atoms with Gasteiger partial charge in [-0.05, 0) is 45.1 Å². The molecular formula is C17H22FN3O2. The van der Waals surface area contributed by atoms with Crippen LogP contribution >= 0.6 is 0 Å². The third kappa shape index (κ3) is 3.30. The number of fused-ring (bicyclic) bond motifs is 1.